The number of carbonyl (C=O) groups excluding carboxylic acids is 1. The Morgan fingerprint density at radius 2 is 2.09 bits per heavy atom. The number of aromatic nitrogens is 4. The lowest BCUT2D eigenvalue weighted by molar-refractivity contribution is 0.101. The van der Waals surface area contributed by atoms with Crippen LogP contribution < -0.4 is 10.4 Å². The topological polar surface area (TPSA) is 87.7 Å². The Hall–Kier alpha value is -2.90. The molecule has 0 aliphatic rings. The van der Waals surface area contributed by atoms with E-state index in [1.54, 1.807) is 11.5 Å². The molecule has 0 bridgehead atoms. The zero-order chi connectivity index (χ0) is 16.6. The van der Waals surface area contributed by atoms with Crippen molar-refractivity contribution in [1.82, 2.24) is 19.2 Å². The van der Waals surface area contributed by atoms with Crippen molar-refractivity contribution in [1.29, 1.82) is 0 Å². The van der Waals surface area contributed by atoms with E-state index in [1.165, 1.54) is 0 Å². The normalized spacial score (nSPS) is 11.1. The molecule has 8 heteroatoms. The lowest BCUT2D eigenvalue weighted by Gasteiger charge is -2.08. The maximum atomic E-state index is 12.5. The first-order valence-electron chi connectivity index (χ1n) is 7.29. The van der Waals surface area contributed by atoms with E-state index in [2.05, 4.69) is 14.8 Å². The van der Waals surface area contributed by atoms with Gasteiger partial charge in [0, 0.05) is 11.9 Å². The van der Waals surface area contributed by atoms with Crippen molar-refractivity contribution in [2.24, 2.45) is 0 Å². The fraction of sp³-hybridized carbons (Fsp3) is 0.333. The summed E-state index contributed by atoms with van der Waals surface area (Å²) in [6.45, 7) is 6.15. The minimum absolute atomic E-state index is 0.178. The number of hydrogen-bond acceptors (Lipinski definition) is 6. The second-order valence-electron chi connectivity index (χ2n) is 4.96. The summed E-state index contributed by atoms with van der Waals surface area (Å²) in [6.07, 6.45) is -0.903. The van der Waals surface area contributed by atoms with Gasteiger partial charge in [-0.25, -0.2) is 9.59 Å². The molecule has 0 atom stereocenters. The van der Waals surface area contributed by atoms with Crippen LogP contribution in [-0.4, -0.2) is 31.9 Å². The maximum absolute atomic E-state index is 12.5. The molecular formula is C15H16N4O4. The fourth-order valence-corrected chi connectivity index (χ4v) is 2.45. The SMILES string of the molecule is CCOC(=O)Oc1nc2c3cc(C)ccc3n(CC)c(=O)n2n1. The van der Waals surface area contributed by atoms with Gasteiger partial charge in [0.1, 0.15) is 0 Å². The first kappa shape index (κ1) is 15.0. The van der Waals surface area contributed by atoms with Gasteiger partial charge in [0.2, 0.25) is 0 Å². The van der Waals surface area contributed by atoms with Crippen LogP contribution in [0.4, 0.5) is 4.79 Å². The minimum atomic E-state index is -0.903. The van der Waals surface area contributed by atoms with Crippen molar-refractivity contribution in [3.8, 4) is 6.01 Å². The maximum Gasteiger partial charge on any atom is 0.516 e. The van der Waals surface area contributed by atoms with Crippen LogP contribution >= 0.6 is 0 Å². The van der Waals surface area contributed by atoms with Crippen LogP contribution in [-0.2, 0) is 11.3 Å². The average molecular weight is 316 g/mol. The number of aryl methyl sites for hydroxylation is 2. The summed E-state index contributed by atoms with van der Waals surface area (Å²) in [5.41, 5.74) is 1.78. The van der Waals surface area contributed by atoms with Crippen molar-refractivity contribution in [3.05, 3.63) is 34.2 Å². The Balaban J connectivity index is 2.26. The first-order chi connectivity index (χ1) is 11.0. The third kappa shape index (κ3) is 2.52. The van der Waals surface area contributed by atoms with Gasteiger partial charge in [-0.15, -0.1) is 5.10 Å². The van der Waals surface area contributed by atoms with E-state index in [1.807, 2.05) is 32.0 Å². The molecule has 3 aromatic rings. The second kappa shape index (κ2) is 5.71. The molecule has 0 saturated carbocycles. The summed E-state index contributed by atoms with van der Waals surface area (Å²) in [5, 5.41) is 4.73. The van der Waals surface area contributed by atoms with Gasteiger partial charge in [-0.2, -0.15) is 9.50 Å². The van der Waals surface area contributed by atoms with E-state index in [4.69, 9.17) is 4.74 Å². The molecule has 0 saturated heterocycles. The molecule has 8 nitrogen and oxygen atoms in total. The molecule has 0 unspecified atom stereocenters. The Morgan fingerprint density at radius 1 is 1.30 bits per heavy atom. The third-order valence-corrected chi connectivity index (χ3v) is 3.44. The largest absolute Gasteiger partial charge is 0.516 e. The predicted octanol–water partition coefficient (Wildman–Crippen LogP) is 1.91. The Labute approximate surface area is 131 Å². The molecule has 0 aliphatic heterocycles. The van der Waals surface area contributed by atoms with Crippen LogP contribution in [0.15, 0.2) is 23.0 Å². The van der Waals surface area contributed by atoms with E-state index < -0.39 is 6.16 Å². The summed E-state index contributed by atoms with van der Waals surface area (Å²) in [7, 11) is 0. The molecule has 0 aliphatic carbocycles. The predicted molar refractivity (Wildman–Crippen MR) is 82.8 cm³/mol. The van der Waals surface area contributed by atoms with E-state index in [0.717, 1.165) is 21.0 Å². The Morgan fingerprint density at radius 3 is 2.78 bits per heavy atom. The first-order valence-corrected chi connectivity index (χ1v) is 7.29. The summed E-state index contributed by atoms with van der Waals surface area (Å²) in [6, 6.07) is 5.50. The third-order valence-electron chi connectivity index (χ3n) is 3.44. The van der Waals surface area contributed by atoms with Crippen molar-refractivity contribution >= 4 is 22.7 Å². The summed E-state index contributed by atoms with van der Waals surface area (Å²) < 4.78 is 12.3. The van der Waals surface area contributed by atoms with Crippen molar-refractivity contribution < 1.29 is 14.3 Å². The highest BCUT2D eigenvalue weighted by Gasteiger charge is 2.17. The standard InChI is InChI=1S/C15H16N4O4/c1-4-18-11-7-6-9(3)8-10(11)12-16-13(17-19(12)14(18)20)23-15(21)22-5-2/h6-8H,4-5H2,1-3H3. The summed E-state index contributed by atoms with van der Waals surface area (Å²) >= 11 is 0. The molecule has 0 spiro atoms. The van der Waals surface area contributed by atoms with Gasteiger partial charge in [0.05, 0.1) is 12.1 Å². The highest BCUT2D eigenvalue weighted by molar-refractivity contribution is 5.92. The van der Waals surface area contributed by atoms with Crippen molar-refractivity contribution in [2.45, 2.75) is 27.3 Å². The van der Waals surface area contributed by atoms with Crippen LogP contribution in [0, 0.1) is 6.92 Å². The van der Waals surface area contributed by atoms with Crippen LogP contribution in [0.1, 0.15) is 19.4 Å². The van der Waals surface area contributed by atoms with E-state index in [9.17, 15) is 9.59 Å². The van der Waals surface area contributed by atoms with Gasteiger partial charge in [0.15, 0.2) is 5.65 Å². The zero-order valence-corrected chi connectivity index (χ0v) is 13.1. The highest BCUT2D eigenvalue weighted by Crippen LogP contribution is 2.20. The minimum Gasteiger partial charge on any atom is -0.434 e. The second-order valence-corrected chi connectivity index (χ2v) is 4.96. The number of carbonyl (C=O) groups is 1. The van der Waals surface area contributed by atoms with Crippen LogP contribution in [0.25, 0.3) is 16.6 Å². The summed E-state index contributed by atoms with van der Waals surface area (Å²) in [4.78, 5) is 28.1. The van der Waals surface area contributed by atoms with E-state index in [0.29, 0.717) is 12.2 Å². The van der Waals surface area contributed by atoms with E-state index in [-0.39, 0.29) is 18.3 Å². The Bertz CT molecular complexity index is 957. The smallest absolute Gasteiger partial charge is 0.434 e. The monoisotopic (exact) mass is 316 g/mol. The molecule has 23 heavy (non-hydrogen) atoms. The molecule has 2 aromatic heterocycles. The van der Waals surface area contributed by atoms with Gasteiger partial charge < -0.3 is 9.47 Å². The van der Waals surface area contributed by atoms with Crippen LogP contribution in [0.3, 0.4) is 0 Å². The van der Waals surface area contributed by atoms with Gasteiger partial charge in [0.25, 0.3) is 0 Å². The number of ether oxygens (including phenoxy) is 2. The molecule has 120 valence electrons. The number of rotatable bonds is 3. The lowest BCUT2D eigenvalue weighted by Crippen LogP contribution is -2.27. The number of nitrogens with zero attached hydrogens (tertiary/aromatic N) is 4. The molecule has 2 heterocycles. The summed E-state index contributed by atoms with van der Waals surface area (Å²) in [5.74, 6) is 0. The zero-order valence-electron chi connectivity index (χ0n) is 13.1. The van der Waals surface area contributed by atoms with E-state index >= 15 is 0 Å². The average Bonchev–Trinajstić information content (AvgIpc) is 2.93. The van der Waals surface area contributed by atoms with Gasteiger partial charge in [-0.3, -0.25) is 4.57 Å². The van der Waals surface area contributed by atoms with Crippen LogP contribution in [0.5, 0.6) is 6.01 Å². The van der Waals surface area contributed by atoms with Gasteiger partial charge in [-0.05, 0) is 32.9 Å². The molecule has 0 radical (unpaired) electrons. The van der Waals surface area contributed by atoms with Gasteiger partial charge in [-0.1, -0.05) is 11.6 Å². The number of benzene rings is 1. The molecule has 0 amide bonds. The molecule has 0 fully saturated rings. The van der Waals surface area contributed by atoms with Crippen molar-refractivity contribution in [3.63, 3.8) is 0 Å². The quantitative estimate of drug-likeness (QED) is 0.686. The Kier molecular flexibility index (Phi) is 3.73. The van der Waals surface area contributed by atoms with Gasteiger partial charge >= 0.3 is 17.9 Å². The fourth-order valence-electron chi connectivity index (χ4n) is 2.45. The lowest BCUT2D eigenvalue weighted by atomic mass is 10.1. The molecule has 0 N–H and O–H groups in total. The van der Waals surface area contributed by atoms with Crippen LogP contribution in [0.2, 0.25) is 0 Å². The molecule has 1 aromatic carbocycles. The van der Waals surface area contributed by atoms with Crippen molar-refractivity contribution in [2.75, 3.05) is 6.61 Å². The molecule has 3 rings (SSSR count). The molecular weight excluding hydrogens is 300 g/mol. The number of hydrogen-bond donors (Lipinski definition) is 0. The number of fused-ring (bicyclic) bond motifs is 3. The highest BCUT2D eigenvalue weighted by atomic mass is 16.7.